The van der Waals surface area contributed by atoms with E-state index in [0.717, 1.165) is 38.8 Å². The largest absolute Gasteiger partial charge is 0.298 e. The van der Waals surface area contributed by atoms with Crippen molar-refractivity contribution in [1.29, 1.82) is 0 Å². The number of likely N-dealkylation sites (N-methyl/N-ethyl adjacent to an activating group) is 1. The summed E-state index contributed by atoms with van der Waals surface area (Å²) in [7, 11) is 0. The maximum Gasteiger partial charge on any atom is 0.153 e. The average Bonchev–Trinajstić information content (AvgIpc) is 2.48. The Morgan fingerprint density at radius 3 is 1.90 bits per heavy atom. The van der Waals surface area contributed by atoms with E-state index in [1.807, 2.05) is 0 Å². The van der Waals surface area contributed by atoms with Gasteiger partial charge in [0.2, 0.25) is 0 Å². The summed E-state index contributed by atoms with van der Waals surface area (Å²) in [6.07, 6.45) is 7.47. The minimum atomic E-state index is -0.219. The Kier molecular flexibility index (Phi) is 10.2. The van der Waals surface area contributed by atoms with Gasteiger partial charge in [-0.1, -0.05) is 67.2 Å². The van der Waals surface area contributed by atoms with Gasteiger partial charge in [-0.25, -0.2) is 0 Å². The summed E-state index contributed by atoms with van der Waals surface area (Å²) in [5.41, 5.74) is -0.219. The zero-order chi connectivity index (χ0) is 15.6. The van der Waals surface area contributed by atoms with Crippen molar-refractivity contribution in [1.82, 2.24) is 4.90 Å². The zero-order valence-electron chi connectivity index (χ0n) is 14.8. The standard InChI is InChI=1S/C18H37NO/c1-7-13-14-16(8-2)15-17(20)18(9-3,10-4)19(11-5)12-6/h16H,7-15H2,1-6H3. The van der Waals surface area contributed by atoms with Crippen molar-refractivity contribution in [2.45, 2.75) is 92.0 Å². The first-order chi connectivity index (χ1) is 9.55. The van der Waals surface area contributed by atoms with Crippen LogP contribution in [0, 0.1) is 5.92 Å². The third kappa shape index (κ3) is 4.87. The lowest BCUT2D eigenvalue weighted by Gasteiger charge is -2.41. The topological polar surface area (TPSA) is 20.3 Å². The SMILES string of the molecule is CCCCC(CC)CC(=O)C(CC)(CC)N(CC)CC. The minimum absolute atomic E-state index is 0.219. The molecular formula is C18H37NO. The van der Waals surface area contributed by atoms with Gasteiger partial charge >= 0.3 is 0 Å². The Balaban J connectivity index is 4.95. The van der Waals surface area contributed by atoms with Crippen LogP contribution in [0.1, 0.15) is 86.5 Å². The molecule has 0 aliphatic heterocycles. The van der Waals surface area contributed by atoms with E-state index in [0.29, 0.717) is 11.7 Å². The number of rotatable bonds is 12. The molecular weight excluding hydrogens is 246 g/mol. The molecule has 2 nitrogen and oxygen atoms in total. The minimum Gasteiger partial charge on any atom is -0.298 e. The number of carbonyl (C=O) groups excluding carboxylic acids is 1. The van der Waals surface area contributed by atoms with Crippen LogP contribution in [0.2, 0.25) is 0 Å². The second-order valence-electron chi connectivity index (χ2n) is 5.95. The van der Waals surface area contributed by atoms with Crippen LogP contribution in [0.25, 0.3) is 0 Å². The van der Waals surface area contributed by atoms with E-state index in [4.69, 9.17) is 0 Å². The third-order valence-electron chi connectivity index (χ3n) is 5.07. The zero-order valence-corrected chi connectivity index (χ0v) is 14.8. The Bertz CT molecular complexity index is 254. The van der Waals surface area contributed by atoms with Gasteiger partial charge in [-0.15, -0.1) is 0 Å². The van der Waals surface area contributed by atoms with E-state index in [2.05, 4.69) is 46.4 Å². The van der Waals surface area contributed by atoms with Crippen LogP contribution >= 0.6 is 0 Å². The van der Waals surface area contributed by atoms with Gasteiger partial charge in [-0.2, -0.15) is 0 Å². The highest BCUT2D eigenvalue weighted by molar-refractivity contribution is 5.88. The molecule has 0 amide bonds. The van der Waals surface area contributed by atoms with Gasteiger partial charge in [0.05, 0.1) is 5.54 Å². The molecule has 0 aliphatic rings. The number of hydrogen-bond donors (Lipinski definition) is 0. The van der Waals surface area contributed by atoms with Crippen LogP contribution in [0.5, 0.6) is 0 Å². The number of carbonyl (C=O) groups is 1. The van der Waals surface area contributed by atoms with Crippen molar-refractivity contribution in [2.24, 2.45) is 5.92 Å². The Labute approximate surface area is 127 Å². The van der Waals surface area contributed by atoms with Gasteiger partial charge in [0.1, 0.15) is 0 Å². The van der Waals surface area contributed by atoms with Crippen LogP contribution < -0.4 is 0 Å². The van der Waals surface area contributed by atoms with Crippen LogP contribution in [-0.4, -0.2) is 29.3 Å². The van der Waals surface area contributed by atoms with Gasteiger partial charge in [-0.3, -0.25) is 9.69 Å². The van der Waals surface area contributed by atoms with E-state index in [1.165, 1.54) is 19.3 Å². The molecule has 0 saturated carbocycles. The fraction of sp³-hybridized carbons (Fsp3) is 0.944. The van der Waals surface area contributed by atoms with E-state index in [1.54, 1.807) is 0 Å². The summed E-state index contributed by atoms with van der Waals surface area (Å²) in [5.74, 6) is 1.06. The number of Topliss-reactive ketones (excluding diaryl/α,β-unsaturated/α-hetero) is 1. The molecule has 1 unspecified atom stereocenters. The lowest BCUT2D eigenvalue weighted by molar-refractivity contribution is -0.133. The number of ketones is 1. The van der Waals surface area contributed by atoms with E-state index < -0.39 is 0 Å². The van der Waals surface area contributed by atoms with Gasteiger partial charge in [0.15, 0.2) is 5.78 Å². The predicted molar refractivity (Wildman–Crippen MR) is 89.2 cm³/mol. The number of hydrogen-bond acceptors (Lipinski definition) is 2. The van der Waals surface area contributed by atoms with Crippen LogP contribution in [0.3, 0.4) is 0 Å². The summed E-state index contributed by atoms with van der Waals surface area (Å²) < 4.78 is 0. The second kappa shape index (κ2) is 10.4. The summed E-state index contributed by atoms with van der Waals surface area (Å²) in [5, 5.41) is 0. The summed E-state index contributed by atoms with van der Waals surface area (Å²) in [6.45, 7) is 15.1. The molecule has 120 valence electrons. The fourth-order valence-corrected chi connectivity index (χ4v) is 3.49. The lowest BCUT2D eigenvalue weighted by Crippen LogP contribution is -2.54. The molecule has 2 heteroatoms. The van der Waals surface area contributed by atoms with Gasteiger partial charge in [0.25, 0.3) is 0 Å². The molecule has 0 aromatic carbocycles. The number of unbranched alkanes of at least 4 members (excludes halogenated alkanes) is 1. The molecule has 0 heterocycles. The number of nitrogens with zero attached hydrogens (tertiary/aromatic N) is 1. The monoisotopic (exact) mass is 283 g/mol. The average molecular weight is 284 g/mol. The molecule has 0 aromatic rings. The smallest absolute Gasteiger partial charge is 0.153 e. The highest BCUT2D eigenvalue weighted by Gasteiger charge is 2.39. The van der Waals surface area contributed by atoms with E-state index in [-0.39, 0.29) is 5.54 Å². The van der Waals surface area contributed by atoms with Gasteiger partial charge in [0, 0.05) is 6.42 Å². The van der Waals surface area contributed by atoms with Crippen LogP contribution in [0.4, 0.5) is 0 Å². The Morgan fingerprint density at radius 1 is 1.00 bits per heavy atom. The highest BCUT2D eigenvalue weighted by Crippen LogP contribution is 2.29. The second-order valence-corrected chi connectivity index (χ2v) is 5.95. The molecule has 0 N–H and O–H groups in total. The Morgan fingerprint density at radius 2 is 1.55 bits per heavy atom. The maximum atomic E-state index is 13.0. The van der Waals surface area contributed by atoms with E-state index in [9.17, 15) is 4.79 Å². The molecule has 0 rings (SSSR count). The first kappa shape index (κ1) is 19.6. The molecule has 0 bridgehead atoms. The van der Waals surface area contributed by atoms with Gasteiger partial charge in [-0.05, 0) is 31.8 Å². The molecule has 0 fully saturated rings. The highest BCUT2D eigenvalue weighted by atomic mass is 16.1. The van der Waals surface area contributed by atoms with Crippen molar-refractivity contribution in [3.63, 3.8) is 0 Å². The van der Waals surface area contributed by atoms with Crippen LogP contribution in [0.15, 0.2) is 0 Å². The quantitative estimate of drug-likeness (QED) is 0.499. The summed E-state index contributed by atoms with van der Waals surface area (Å²) >= 11 is 0. The lowest BCUT2D eigenvalue weighted by atomic mass is 9.80. The normalized spacial score (nSPS) is 13.8. The summed E-state index contributed by atoms with van der Waals surface area (Å²) in [4.78, 5) is 15.4. The fourth-order valence-electron chi connectivity index (χ4n) is 3.49. The molecule has 0 saturated heterocycles. The first-order valence-electron chi connectivity index (χ1n) is 8.84. The molecule has 0 radical (unpaired) electrons. The van der Waals surface area contributed by atoms with E-state index >= 15 is 0 Å². The maximum absolute atomic E-state index is 13.0. The summed E-state index contributed by atoms with van der Waals surface area (Å²) in [6, 6.07) is 0. The molecule has 0 spiro atoms. The molecule has 1 atom stereocenters. The third-order valence-corrected chi connectivity index (χ3v) is 5.07. The van der Waals surface area contributed by atoms with Gasteiger partial charge < -0.3 is 0 Å². The van der Waals surface area contributed by atoms with Crippen molar-refractivity contribution < 1.29 is 4.79 Å². The molecule has 0 aromatic heterocycles. The van der Waals surface area contributed by atoms with Crippen molar-refractivity contribution >= 4 is 5.78 Å². The Hall–Kier alpha value is -0.370. The predicted octanol–water partition coefficient (Wildman–Crippen LogP) is 5.06. The van der Waals surface area contributed by atoms with Crippen LogP contribution in [-0.2, 0) is 4.79 Å². The van der Waals surface area contributed by atoms with Crippen molar-refractivity contribution in [3.05, 3.63) is 0 Å². The van der Waals surface area contributed by atoms with Crippen molar-refractivity contribution in [3.8, 4) is 0 Å². The molecule has 20 heavy (non-hydrogen) atoms. The first-order valence-corrected chi connectivity index (χ1v) is 8.84. The van der Waals surface area contributed by atoms with Crippen molar-refractivity contribution in [2.75, 3.05) is 13.1 Å². The molecule has 0 aliphatic carbocycles.